The van der Waals surface area contributed by atoms with E-state index in [9.17, 15) is 4.79 Å². The fraction of sp³-hybridized carbons (Fsp3) is 0.812. The van der Waals surface area contributed by atoms with Crippen LogP contribution >= 0.6 is 11.8 Å². The molecule has 1 atom stereocenters. The van der Waals surface area contributed by atoms with E-state index in [1.165, 1.54) is 18.2 Å². The van der Waals surface area contributed by atoms with Crippen LogP contribution in [0.5, 0.6) is 0 Å². The lowest BCUT2D eigenvalue weighted by Crippen LogP contribution is -2.43. The van der Waals surface area contributed by atoms with Gasteiger partial charge in [0.05, 0.1) is 19.0 Å². The van der Waals surface area contributed by atoms with Gasteiger partial charge in [-0.25, -0.2) is 0 Å². The minimum Gasteiger partial charge on any atom is -0.378 e. The lowest BCUT2D eigenvalue weighted by atomic mass is 10.0. The number of piperidine rings is 1. The van der Waals surface area contributed by atoms with E-state index < -0.39 is 0 Å². The van der Waals surface area contributed by atoms with Gasteiger partial charge < -0.3 is 14.5 Å². The van der Waals surface area contributed by atoms with Crippen molar-refractivity contribution in [3.05, 3.63) is 0 Å². The average Bonchev–Trinajstić information content (AvgIpc) is 3.03. The number of anilines is 1. The van der Waals surface area contributed by atoms with Gasteiger partial charge in [-0.2, -0.15) is 0 Å². The third-order valence-electron chi connectivity index (χ3n) is 4.76. The number of carbonyl (C=O) groups is 1. The number of hydrogen-bond donors (Lipinski definition) is 0. The van der Waals surface area contributed by atoms with Crippen molar-refractivity contribution < 1.29 is 9.53 Å². The van der Waals surface area contributed by atoms with Crippen molar-refractivity contribution >= 4 is 23.6 Å². The summed E-state index contributed by atoms with van der Waals surface area (Å²) in [6.07, 6.45) is 3.46. The molecule has 0 radical (unpaired) electrons. The van der Waals surface area contributed by atoms with E-state index in [4.69, 9.17) is 4.74 Å². The molecule has 3 heterocycles. The normalized spacial score (nSPS) is 22.0. The highest BCUT2D eigenvalue weighted by Gasteiger charge is 2.25. The third kappa shape index (κ3) is 3.85. The Bertz CT molecular complexity index is 559. The Labute approximate surface area is 147 Å². The van der Waals surface area contributed by atoms with Crippen LogP contribution in [0.2, 0.25) is 0 Å². The van der Waals surface area contributed by atoms with Crippen LogP contribution in [0.4, 0.5) is 5.95 Å². The van der Waals surface area contributed by atoms with Gasteiger partial charge in [0, 0.05) is 32.2 Å². The monoisotopic (exact) mass is 353 g/mol. The van der Waals surface area contributed by atoms with Crippen molar-refractivity contribution in [3.63, 3.8) is 0 Å². The van der Waals surface area contributed by atoms with Gasteiger partial charge in [-0.15, -0.1) is 10.2 Å². The van der Waals surface area contributed by atoms with E-state index in [0.717, 1.165) is 63.3 Å². The van der Waals surface area contributed by atoms with Crippen molar-refractivity contribution in [3.8, 4) is 0 Å². The predicted octanol–water partition coefficient (Wildman–Crippen LogP) is 1.63. The molecular weight excluding hydrogens is 326 g/mol. The van der Waals surface area contributed by atoms with E-state index >= 15 is 0 Å². The number of ether oxygens (including phenoxy) is 1. The highest BCUT2D eigenvalue weighted by molar-refractivity contribution is 7.99. The molecule has 1 aromatic rings. The molecule has 134 valence electrons. The Kier molecular flexibility index (Phi) is 5.99. The minimum atomic E-state index is 0.214. The molecule has 0 N–H and O–H groups in total. The van der Waals surface area contributed by atoms with Crippen LogP contribution in [0.1, 0.15) is 33.1 Å². The number of likely N-dealkylation sites (tertiary alicyclic amines) is 1. The Balaban J connectivity index is 1.62. The largest absolute Gasteiger partial charge is 0.378 e. The molecule has 0 spiro atoms. The van der Waals surface area contributed by atoms with Crippen LogP contribution in [0.15, 0.2) is 5.16 Å². The summed E-state index contributed by atoms with van der Waals surface area (Å²) in [6, 6.07) is 0.361. The molecule has 2 saturated heterocycles. The maximum atomic E-state index is 12.5. The summed E-state index contributed by atoms with van der Waals surface area (Å²) in [5, 5.41) is 9.51. The number of nitrogens with zero attached hydrogens (tertiary/aromatic N) is 5. The maximum Gasteiger partial charge on any atom is 0.233 e. The molecule has 0 bridgehead atoms. The van der Waals surface area contributed by atoms with E-state index in [0.29, 0.717) is 11.8 Å². The van der Waals surface area contributed by atoms with E-state index in [2.05, 4.69) is 33.5 Å². The zero-order valence-electron chi connectivity index (χ0n) is 14.6. The molecule has 7 nitrogen and oxygen atoms in total. The molecule has 0 aromatic carbocycles. The first-order valence-corrected chi connectivity index (χ1v) is 9.87. The number of morpholine rings is 1. The van der Waals surface area contributed by atoms with Gasteiger partial charge in [0.25, 0.3) is 0 Å². The Morgan fingerprint density at radius 1 is 1.25 bits per heavy atom. The summed E-state index contributed by atoms with van der Waals surface area (Å²) >= 11 is 1.50. The van der Waals surface area contributed by atoms with Crippen molar-refractivity contribution in [2.75, 3.05) is 43.5 Å². The van der Waals surface area contributed by atoms with Gasteiger partial charge in [0.1, 0.15) is 0 Å². The fourth-order valence-electron chi connectivity index (χ4n) is 3.34. The van der Waals surface area contributed by atoms with Gasteiger partial charge in [-0.3, -0.25) is 9.36 Å². The van der Waals surface area contributed by atoms with Gasteiger partial charge in [0.15, 0.2) is 5.16 Å². The first-order valence-electron chi connectivity index (χ1n) is 8.89. The quantitative estimate of drug-likeness (QED) is 0.750. The molecule has 1 amide bonds. The summed E-state index contributed by atoms with van der Waals surface area (Å²) in [6.45, 7) is 9.06. The smallest absolute Gasteiger partial charge is 0.233 e. The number of amides is 1. The molecule has 1 unspecified atom stereocenters. The first-order chi connectivity index (χ1) is 11.7. The summed E-state index contributed by atoms with van der Waals surface area (Å²) < 4.78 is 7.50. The maximum absolute atomic E-state index is 12.5. The zero-order valence-corrected chi connectivity index (χ0v) is 15.4. The SMILES string of the molecule is CCn1c(SCC(=O)N2CCCCC2C)nnc1N1CCOCC1. The molecule has 8 heteroatoms. The molecule has 2 aliphatic heterocycles. The second-order valence-electron chi connectivity index (χ2n) is 6.35. The summed E-state index contributed by atoms with van der Waals surface area (Å²) in [7, 11) is 0. The van der Waals surface area contributed by atoms with Crippen LogP contribution in [-0.2, 0) is 16.1 Å². The van der Waals surface area contributed by atoms with Crippen LogP contribution in [-0.4, -0.2) is 70.2 Å². The number of hydrogen-bond acceptors (Lipinski definition) is 6. The first kappa shape index (κ1) is 17.5. The van der Waals surface area contributed by atoms with Gasteiger partial charge in [-0.1, -0.05) is 11.8 Å². The van der Waals surface area contributed by atoms with Gasteiger partial charge in [0.2, 0.25) is 11.9 Å². The molecular formula is C16H27N5O2S. The molecule has 24 heavy (non-hydrogen) atoms. The Morgan fingerprint density at radius 2 is 2.04 bits per heavy atom. The van der Waals surface area contributed by atoms with Crippen LogP contribution in [0.3, 0.4) is 0 Å². The highest BCUT2D eigenvalue weighted by atomic mass is 32.2. The predicted molar refractivity (Wildman–Crippen MR) is 94.5 cm³/mol. The van der Waals surface area contributed by atoms with Crippen molar-refractivity contribution in [1.82, 2.24) is 19.7 Å². The number of thioether (sulfide) groups is 1. The van der Waals surface area contributed by atoms with Crippen LogP contribution in [0.25, 0.3) is 0 Å². The summed E-state index contributed by atoms with van der Waals surface area (Å²) in [4.78, 5) is 16.7. The Morgan fingerprint density at radius 3 is 2.75 bits per heavy atom. The zero-order chi connectivity index (χ0) is 16.9. The van der Waals surface area contributed by atoms with E-state index in [-0.39, 0.29) is 5.91 Å². The highest BCUT2D eigenvalue weighted by Crippen LogP contribution is 2.24. The molecule has 2 aliphatic rings. The van der Waals surface area contributed by atoms with Crippen molar-refractivity contribution in [2.45, 2.75) is 50.9 Å². The lowest BCUT2D eigenvalue weighted by molar-refractivity contribution is -0.131. The van der Waals surface area contributed by atoms with Crippen molar-refractivity contribution in [2.24, 2.45) is 0 Å². The second-order valence-corrected chi connectivity index (χ2v) is 7.29. The second kappa shape index (κ2) is 8.20. The van der Waals surface area contributed by atoms with Crippen molar-refractivity contribution in [1.29, 1.82) is 0 Å². The fourth-order valence-corrected chi connectivity index (χ4v) is 4.22. The van der Waals surface area contributed by atoms with E-state index in [1.54, 1.807) is 0 Å². The third-order valence-corrected chi connectivity index (χ3v) is 5.71. The van der Waals surface area contributed by atoms with E-state index in [1.807, 2.05) is 4.90 Å². The number of rotatable bonds is 5. The number of aromatic nitrogens is 3. The van der Waals surface area contributed by atoms with Crippen LogP contribution in [0, 0.1) is 0 Å². The standard InChI is InChI=1S/C16H27N5O2S/c1-3-20-15(19-8-10-23-11-9-19)17-18-16(20)24-12-14(22)21-7-5-4-6-13(21)2/h13H,3-12H2,1-2H3. The van der Waals surface area contributed by atoms with Crippen LogP contribution < -0.4 is 4.90 Å². The minimum absolute atomic E-state index is 0.214. The Hall–Kier alpha value is -1.28. The number of carbonyl (C=O) groups excluding carboxylic acids is 1. The summed E-state index contributed by atoms with van der Waals surface area (Å²) in [5.74, 6) is 1.54. The van der Waals surface area contributed by atoms with Gasteiger partial charge in [-0.05, 0) is 33.1 Å². The summed E-state index contributed by atoms with van der Waals surface area (Å²) in [5.41, 5.74) is 0. The molecule has 0 saturated carbocycles. The average molecular weight is 353 g/mol. The lowest BCUT2D eigenvalue weighted by Gasteiger charge is -2.33. The molecule has 2 fully saturated rings. The van der Waals surface area contributed by atoms with Gasteiger partial charge >= 0.3 is 0 Å². The molecule has 3 rings (SSSR count). The molecule has 0 aliphatic carbocycles. The molecule has 1 aromatic heterocycles. The topological polar surface area (TPSA) is 63.5 Å².